The number of hydrogen-bond acceptors (Lipinski definition) is 5. The van der Waals surface area contributed by atoms with Gasteiger partial charge in [-0.2, -0.15) is 4.98 Å². The van der Waals surface area contributed by atoms with Crippen molar-refractivity contribution in [3.8, 4) is 0 Å². The van der Waals surface area contributed by atoms with Crippen molar-refractivity contribution in [3.63, 3.8) is 0 Å². The minimum absolute atomic E-state index is 0.607. The normalized spacial score (nSPS) is 16.7. The van der Waals surface area contributed by atoms with E-state index in [0.29, 0.717) is 6.04 Å². The van der Waals surface area contributed by atoms with Crippen LogP contribution in [0.2, 0.25) is 0 Å². The highest BCUT2D eigenvalue weighted by atomic mass is 16.5. The number of piperidine rings is 1. The molecule has 0 unspecified atom stereocenters. The summed E-state index contributed by atoms with van der Waals surface area (Å²) in [4.78, 5) is 6.88. The van der Waals surface area contributed by atoms with E-state index in [1.807, 2.05) is 6.92 Å². The van der Waals surface area contributed by atoms with Crippen molar-refractivity contribution < 1.29 is 4.52 Å². The lowest BCUT2D eigenvalue weighted by molar-refractivity contribution is 0.190. The van der Waals surface area contributed by atoms with E-state index >= 15 is 0 Å². The van der Waals surface area contributed by atoms with Crippen LogP contribution in [0, 0.1) is 0 Å². The molecule has 5 heteroatoms. The Hall–Kier alpha value is -1.72. The van der Waals surface area contributed by atoms with E-state index < -0.39 is 0 Å². The van der Waals surface area contributed by atoms with Crippen LogP contribution in [0.15, 0.2) is 34.9 Å². The number of hydrogen-bond donors (Lipinski definition) is 1. The molecule has 1 fully saturated rings. The zero-order valence-electron chi connectivity index (χ0n) is 13.9. The standard InChI is InChI=1S/C18H26N4O/c1-2-17-20-18(23-21-17)8-11-19-16-9-12-22(13-10-16)14-15-6-4-3-5-7-15/h3-7,16,19H,2,8-14H2,1H3. The molecule has 23 heavy (non-hydrogen) atoms. The van der Waals surface area contributed by atoms with Crippen LogP contribution >= 0.6 is 0 Å². The summed E-state index contributed by atoms with van der Waals surface area (Å²) in [5.74, 6) is 1.55. The zero-order valence-corrected chi connectivity index (χ0v) is 13.9. The molecule has 3 rings (SSSR count). The van der Waals surface area contributed by atoms with E-state index in [2.05, 4.69) is 50.7 Å². The molecule has 0 radical (unpaired) electrons. The smallest absolute Gasteiger partial charge is 0.227 e. The van der Waals surface area contributed by atoms with Gasteiger partial charge in [-0.05, 0) is 31.5 Å². The van der Waals surface area contributed by atoms with Crippen molar-refractivity contribution in [2.45, 2.75) is 45.2 Å². The third-order valence-corrected chi connectivity index (χ3v) is 4.43. The molecule has 2 aromatic rings. The van der Waals surface area contributed by atoms with Gasteiger partial charge in [-0.15, -0.1) is 0 Å². The van der Waals surface area contributed by atoms with E-state index in [1.54, 1.807) is 0 Å². The average molecular weight is 314 g/mol. The second kappa shape index (κ2) is 8.22. The molecule has 1 aromatic heterocycles. The summed E-state index contributed by atoms with van der Waals surface area (Å²) < 4.78 is 5.22. The Labute approximate surface area is 138 Å². The summed E-state index contributed by atoms with van der Waals surface area (Å²) >= 11 is 0. The molecular formula is C18H26N4O. The maximum Gasteiger partial charge on any atom is 0.227 e. The Morgan fingerprint density at radius 1 is 1.22 bits per heavy atom. The maximum atomic E-state index is 5.22. The first kappa shape index (κ1) is 16.1. The third-order valence-electron chi connectivity index (χ3n) is 4.43. The summed E-state index contributed by atoms with van der Waals surface area (Å²) in [6.07, 6.45) is 4.06. The summed E-state index contributed by atoms with van der Waals surface area (Å²) in [6.45, 7) is 6.33. The summed E-state index contributed by atoms with van der Waals surface area (Å²) in [6, 6.07) is 11.3. The van der Waals surface area contributed by atoms with Crippen molar-refractivity contribution in [2.24, 2.45) is 0 Å². The van der Waals surface area contributed by atoms with Gasteiger partial charge in [0.05, 0.1) is 0 Å². The molecule has 0 amide bonds. The van der Waals surface area contributed by atoms with Gasteiger partial charge in [0.15, 0.2) is 5.82 Å². The van der Waals surface area contributed by atoms with Crippen molar-refractivity contribution in [1.29, 1.82) is 0 Å². The monoisotopic (exact) mass is 314 g/mol. The maximum absolute atomic E-state index is 5.22. The number of rotatable bonds is 7. The molecule has 1 aromatic carbocycles. The number of nitrogens with one attached hydrogen (secondary N) is 1. The minimum atomic E-state index is 0.607. The van der Waals surface area contributed by atoms with Crippen molar-refractivity contribution in [3.05, 3.63) is 47.6 Å². The molecule has 1 N–H and O–H groups in total. The minimum Gasteiger partial charge on any atom is -0.339 e. The highest BCUT2D eigenvalue weighted by Crippen LogP contribution is 2.13. The molecule has 5 nitrogen and oxygen atoms in total. The quantitative estimate of drug-likeness (QED) is 0.850. The first-order valence-corrected chi connectivity index (χ1v) is 8.64. The van der Waals surface area contributed by atoms with Crippen molar-refractivity contribution in [2.75, 3.05) is 19.6 Å². The van der Waals surface area contributed by atoms with E-state index in [1.165, 1.54) is 18.4 Å². The molecule has 1 aliphatic heterocycles. The van der Waals surface area contributed by atoms with E-state index in [4.69, 9.17) is 4.52 Å². The predicted molar refractivity (Wildman–Crippen MR) is 90.1 cm³/mol. The molecular weight excluding hydrogens is 288 g/mol. The van der Waals surface area contributed by atoms with Gasteiger partial charge in [0.25, 0.3) is 0 Å². The number of likely N-dealkylation sites (tertiary alicyclic amines) is 1. The van der Waals surface area contributed by atoms with Crippen LogP contribution < -0.4 is 5.32 Å². The molecule has 0 spiro atoms. The van der Waals surface area contributed by atoms with Crippen LogP contribution in [0.3, 0.4) is 0 Å². The van der Waals surface area contributed by atoms with E-state index in [9.17, 15) is 0 Å². The molecule has 1 aliphatic rings. The van der Waals surface area contributed by atoms with Crippen LogP contribution in [0.4, 0.5) is 0 Å². The average Bonchev–Trinajstić information content (AvgIpc) is 3.05. The molecule has 0 aliphatic carbocycles. The Morgan fingerprint density at radius 2 is 2.00 bits per heavy atom. The number of benzene rings is 1. The molecule has 2 heterocycles. The number of aromatic nitrogens is 2. The fourth-order valence-corrected chi connectivity index (χ4v) is 3.06. The van der Waals surface area contributed by atoms with Gasteiger partial charge in [0.1, 0.15) is 0 Å². The fourth-order valence-electron chi connectivity index (χ4n) is 3.06. The Balaban J connectivity index is 1.34. The Kier molecular flexibility index (Phi) is 5.77. The number of aryl methyl sites for hydroxylation is 1. The lowest BCUT2D eigenvalue weighted by Crippen LogP contribution is -2.42. The first-order valence-electron chi connectivity index (χ1n) is 8.64. The molecule has 0 saturated carbocycles. The highest BCUT2D eigenvalue weighted by Gasteiger charge is 2.18. The zero-order chi connectivity index (χ0) is 15.9. The first-order chi connectivity index (χ1) is 11.3. The molecule has 1 saturated heterocycles. The third kappa shape index (κ3) is 4.88. The van der Waals surface area contributed by atoms with E-state index in [0.717, 1.165) is 50.7 Å². The van der Waals surface area contributed by atoms with Crippen molar-refractivity contribution >= 4 is 0 Å². The second-order valence-corrected chi connectivity index (χ2v) is 6.20. The molecule has 0 atom stereocenters. The van der Waals surface area contributed by atoms with Crippen LogP contribution in [0.5, 0.6) is 0 Å². The van der Waals surface area contributed by atoms with Gasteiger partial charge in [0, 0.05) is 32.0 Å². The van der Waals surface area contributed by atoms with E-state index in [-0.39, 0.29) is 0 Å². The van der Waals surface area contributed by atoms with Crippen LogP contribution in [-0.2, 0) is 19.4 Å². The highest BCUT2D eigenvalue weighted by molar-refractivity contribution is 5.14. The molecule has 124 valence electrons. The van der Waals surface area contributed by atoms with Crippen LogP contribution in [0.25, 0.3) is 0 Å². The van der Waals surface area contributed by atoms with Crippen LogP contribution in [-0.4, -0.2) is 40.7 Å². The topological polar surface area (TPSA) is 54.2 Å². The van der Waals surface area contributed by atoms with Gasteiger partial charge >= 0.3 is 0 Å². The Morgan fingerprint density at radius 3 is 2.70 bits per heavy atom. The van der Waals surface area contributed by atoms with Gasteiger partial charge in [0.2, 0.25) is 5.89 Å². The van der Waals surface area contributed by atoms with Crippen LogP contribution in [0.1, 0.15) is 37.0 Å². The Bertz CT molecular complexity index is 576. The largest absolute Gasteiger partial charge is 0.339 e. The van der Waals surface area contributed by atoms with Gasteiger partial charge < -0.3 is 9.84 Å². The lowest BCUT2D eigenvalue weighted by Gasteiger charge is -2.32. The van der Waals surface area contributed by atoms with Gasteiger partial charge in [-0.25, -0.2) is 0 Å². The van der Waals surface area contributed by atoms with Gasteiger partial charge in [-0.1, -0.05) is 42.4 Å². The second-order valence-electron chi connectivity index (χ2n) is 6.20. The van der Waals surface area contributed by atoms with Gasteiger partial charge in [-0.3, -0.25) is 4.90 Å². The summed E-state index contributed by atoms with van der Waals surface area (Å²) in [7, 11) is 0. The molecule has 0 bridgehead atoms. The SMILES string of the molecule is CCc1noc(CCNC2CCN(Cc3ccccc3)CC2)n1. The van der Waals surface area contributed by atoms with Crippen molar-refractivity contribution in [1.82, 2.24) is 20.4 Å². The summed E-state index contributed by atoms with van der Waals surface area (Å²) in [5.41, 5.74) is 1.40. The predicted octanol–water partition coefficient (Wildman–Crippen LogP) is 2.43. The lowest BCUT2D eigenvalue weighted by atomic mass is 10.0. The summed E-state index contributed by atoms with van der Waals surface area (Å²) in [5, 5.41) is 7.56. The number of nitrogens with zero attached hydrogens (tertiary/aromatic N) is 3. The fraction of sp³-hybridized carbons (Fsp3) is 0.556.